The number of hydrogen-bond donors (Lipinski definition) is 0. The number of rotatable bonds is 8. The third-order valence-electron chi connectivity index (χ3n) is 6.57. The highest BCUT2D eigenvalue weighted by molar-refractivity contribution is 7.07. The minimum atomic E-state index is -0.843. The second kappa shape index (κ2) is 11.7. The molecule has 216 valence electrons. The molecule has 0 saturated carbocycles. The molecule has 0 bridgehead atoms. The first-order valence-electron chi connectivity index (χ1n) is 12.6. The molecule has 0 spiro atoms. The van der Waals surface area contributed by atoms with Crippen LogP contribution in [0.5, 0.6) is 11.5 Å². The van der Waals surface area contributed by atoms with Crippen molar-refractivity contribution >= 4 is 40.7 Å². The topological polar surface area (TPSA) is 135 Å². The van der Waals surface area contributed by atoms with Gasteiger partial charge in [-0.2, -0.15) is 0 Å². The molecular formula is C29H24ClN3O8S. The number of fused-ring (bicyclic) bond motifs is 1. The van der Waals surface area contributed by atoms with Crippen LogP contribution < -0.4 is 24.4 Å². The Morgan fingerprint density at radius 1 is 1.17 bits per heavy atom. The highest BCUT2D eigenvalue weighted by atomic mass is 35.5. The number of halogens is 1. The number of thiazole rings is 1. The average Bonchev–Trinajstić information content (AvgIpc) is 3.56. The van der Waals surface area contributed by atoms with Gasteiger partial charge in [-0.15, -0.1) is 0 Å². The Bertz CT molecular complexity index is 1940. The molecule has 5 rings (SSSR count). The zero-order valence-electron chi connectivity index (χ0n) is 22.9. The molecule has 0 aliphatic carbocycles. The third-order valence-corrected chi connectivity index (χ3v) is 7.87. The Labute approximate surface area is 247 Å². The zero-order chi connectivity index (χ0) is 30.1. The molecule has 2 aromatic heterocycles. The maximum absolute atomic E-state index is 13.9. The number of carbonyl (C=O) groups is 1. The Balaban J connectivity index is 1.63. The fourth-order valence-electron chi connectivity index (χ4n) is 4.65. The summed E-state index contributed by atoms with van der Waals surface area (Å²) in [7, 11) is 3.02. The zero-order valence-corrected chi connectivity index (χ0v) is 24.4. The summed E-state index contributed by atoms with van der Waals surface area (Å²) in [6.07, 6.45) is 1.56. The highest BCUT2D eigenvalue weighted by Gasteiger charge is 2.34. The number of nitro benzene ring substituents is 1. The summed E-state index contributed by atoms with van der Waals surface area (Å²) in [5, 5.41) is 11.3. The maximum atomic E-state index is 13.9. The van der Waals surface area contributed by atoms with Crippen molar-refractivity contribution in [2.75, 3.05) is 20.8 Å². The van der Waals surface area contributed by atoms with Gasteiger partial charge in [-0.1, -0.05) is 29.0 Å². The van der Waals surface area contributed by atoms with Gasteiger partial charge >= 0.3 is 5.97 Å². The van der Waals surface area contributed by atoms with Crippen molar-refractivity contribution < 1.29 is 28.3 Å². The number of esters is 1. The molecule has 0 amide bonds. The van der Waals surface area contributed by atoms with Crippen LogP contribution in [0, 0.1) is 10.1 Å². The number of hydrogen-bond acceptors (Lipinski definition) is 10. The second-order valence-corrected chi connectivity index (χ2v) is 10.5. The number of aromatic nitrogens is 1. The van der Waals surface area contributed by atoms with E-state index < -0.39 is 22.5 Å². The first kappa shape index (κ1) is 28.8. The fourth-order valence-corrected chi connectivity index (χ4v) is 5.86. The standard InChI is InChI=1S/C29H24ClN3O8S/c1-5-40-28(35)25-15(2)31-29-32(26(25)17-7-10-22(38-3)23(13-17)39-4)27(34)24(42-29)14-18-8-11-21(41-18)16-6-9-19(30)20(12-16)33(36)37/h6-14,26H,5H2,1-4H3/b24-14+/t26-/m1/s1. The molecule has 3 heterocycles. The molecule has 1 aliphatic heterocycles. The van der Waals surface area contributed by atoms with E-state index in [1.165, 1.54) is 30.9 Å². The van der Waals surface area contributed by atoms with Crippen molar-refractivity contribution in [1.82, 2.24) is 4.57 Å². The Kier molecular flexibility index (Phi) is 8.01. The van der Waals surface area contributed by atoms with Crippen molar-refractivity contribution in [3.8, 4) is 22.8 Å². The summed E-state index contributed by atoms with van der Waals surface area (Å²) in [4.78, 5) is 42.7. The molecule has 1 aliphatic rings. The van der Waals surface area contributed by atoms with Crippen LogP contribution in [-0.2, 0) is 9.53 Å². The lowest BCUT2D eigenvalue weighted by Crippen LogP contribution is -2.39. The number of nitro groups is 1. The molecule has 0 unspecified atom stereocenters. The molecule has 1 atom stereocenters. The summed E-state index contributed by atoms with van der Waals surface area (Å²) in [6.45, 7) is 3.55. The van der Waals surface area contributed by atoms with Crippen LogP contribution in [-0.4, -0.2) is 36.3 Å². The minimum Gasteiger partial charge on any atom is -0.493 e. The van der Waals surface area contributed by atoms with Crippen LogP contribution in [0.4, 0.5) is 5.69 Å². The van der Waals surface area contributed by atoms with Crippen LogP contribution in [0.1, 0.15) is 31.2 Å². The second-order valence-electron chi connectivity index (χ2n) is 9.04. The van der Waals surface area contributed by atoms with Gasteiger partial charge in [0.15, 0.2) is 16.3 Å². The average molecular weight is 610 g/mol. The van der Waals surface area contributed by atoms with Gasteiger partial charge in [0.2, 0.25) is 0 Å². The van der Waals surface area contributed by atoms with E-state index in [-0.39, 0.29) is 22.9 Å². The van der Waals surface area contributed by atoms with Gasteiger partial charge in [0.1, 0.15) is 16.5 Å². The van der Waals surface area contributed by atoms with Gasteiger partial charge in [0.25, 0.3) is 11.2 Å². The lowest BCUT2D eigenvalue weighted by atomic mass is 9.95. The van der Waals surface area contributed by atoms with E-state index in [2.05, 4.69) is 4.99 Å². The number of methoxy groups -OCH3 is 2. The molecule has 0 saturated heterocycles. The van der Waals surface area contributed by atoms with E-state index in [0.29, 0.717) is 49.2 Å². The Morgan fingerprint density at radius 3 is 2.62 bits per heavy atom. The van der Waals surface area contributed by atoms with Gasteiger partial charge in [0, 0.05) is 17.7 Å². The molecule has 4 aromatic rings. The van der Waals surface area contributed by atoms with Crippen LogP contribution in [0.2, 0.25) is 5.02 Å². The lowest BCUT2D eigenvalue weighted by molar-refractivity contribution is -0.384. The van der Waals surface area contributed by atoms with Crippen molar-refractivity contribution in [3.05, 3.63) is 106 Å². The number of furan rings is 1. The normalized spacial score (nSPS) is 14.8. The van der Waals surface area contributed by atoms with Gasteiger partial charge in [-0.05, 0) is 55.8 Å². The van der Waals surface area contributed by atoms with Gasteiger partial charge in [-0.25, -0.2) is 9.79 Å². The molecule has 42 heavy (non-hydrogen) atoms. The minimum absolute atomic E-state index is 0.0122. The van der Waals surface area contributed by atoms with E-state index in [1.54, 1.807) is 56.3 Å². The van der Waals surface area contributed by atoms with Gasteiger partial charge in [0.05, 0.1) is 47.6 Å². The fraction of sp³-hybridized carbons (Fsp3) is 0.207. The smallest absolute Gasteiger partial charge is 0.338 e. The van der Waals surface area contributed by atoms with Crippen LogP contribution >= 0.6 is 22.9 Å². The van der Waals surface area contributed by atoms with Crippen LogP contribution in [0.3, 0.4) is 0 Å². The Hall–Kier alpha value is -4.68. The maximum Gasteiger partial charge on any atom is 0.338 e. The number of nitrogens with zero attached hydrogens (tertiary/aromatic N) is 3. The van der Waals surface area contributed by atoms with E-state index in [0.717, 1.165) is 11.3 Å². The number of benzene rings is 2. The number of allylic oxidation sites excluding steroid dienone is 1. The molecule has 13 heteroatoms. The van der Waals surface area contributed by atoms with E-state index in [1.807, 2.05) is 0 Å². The van der Waals surface area contributed by atoms with Crippen molar-refractivity contribution in [3.63, 3.8) is 0 Å². The third kappa shape index (κ3) is 5.21. The van der Waals surface area contributed by atoms with Gasteiger partial charge < -0.3 is 18.6 Å². The van der Waals surface area contributed by atoms with Crippen molar-refractivity contribution in [2.24, 2.45) is 4.99 Å². The predicted octanol–water partition coefficient (Wildman–Crippen LogP) is 4.64. The summed E-state index contributed by atoms with van der Waals surface area (Å²) in [5.74, 6) is 1.04. The van der Waals surface area contributed by atoms with E-state index >= 15 is 0 Å². The van der Waals surface area contributed by atoms with E-state index in [9.17, 15) is 19.7 Å². The molecule has 0 radical (unpaired) electrons. The summed E-state index contributed by atoms with van der Waals surface area (Å²) < 4.78 is 23.8. The quantitative estimate of drug-likeness (QED) is 0.160. The molecule has 0 fully saturated rings. The molecule has 2 aromatic carbocycles. The van der Waals surface area contributed by atoms with Crippen LogP contribution in [0.15, 0.2) is 74.0 Å². The summed E-state index contributed by atoms with van der Waals surface area (Å²) in [6, 6.07) is 12.0. The van der Waals surface area contributed by atoms with Crippen molar-refractivity contribution in [1.29, 1.82) is 0 Å². The van der Waals surface area contributed by atoms with Gasteiger partial charge in [-0.3, -0.25) is 19.5 Å². The molecular weight excluding hydrogens is 586 g/mol. The first-order valence-corrected chi connectivity index (χ1v) is 13.8. The largest absolute Gasteiger partial charge is 0.493 e. The predicted molar refractivity (Wildman–Crippen MR) is 156 cm³/mol. The van der Waals surface area contributed by atoms with Crippen molar-refractivity contribution in [2.45, 2.75) is 19.9 Å². The SMILES string of the molecule is CCOC(=O)C1=C(C)N=c2s/c(=C/c3ccc(-c4ccc(Cl)c([N+](=O)[O-])c4)o3)c(=O)n2[C@@H]1c1ccc(OC)c(OC)c1. The molecule has 0 N–H and O–H groups in total. The number of carbonyl (C=O) groups excluding carboxylic acids is 1. The first-order chi connectivity index (χ1) is 20.2. The Morgan fingerprint density at radius 2 is 1.93 bits per heavy atom. The van der Waals surface area contributed by atoms with Crippen LogP contribution in [0.25, 0.3) is 17.4 Å². The summed E-state index contributed by atoms with van der Waals surface area (Å²) >= 11 is 7.07. The van der Waals surface area contributed by atoms with E-state index in [4.69, 9.17) is 30.2 Å². The highest BCUT2D eigenvalue weighted by Crippen LogP contribution is 2.36. The summed E-state index contributed by atoms with van der Waals surface area (Å²) in [5.41, 5.74) is 1.06. The lowest BCUT2D eigenvalue weighted by Gasteiger charge is -2.25. The number of ether oxygens (including phenoxy) is 3. The molecule has 11 nitrogen and oxygen atoms in total. The monoisotopic (exact) mass is 609 g/mol.